The smallest absolute Gasteiger partial charge is 0.145 e. The maximum atomic E-state index is 12.9. The van der Waals surface area contributed by atoms with E-state index in [4.69, 9.17) is 11.3 Å². The summed E-state index contributed by atoms with van der Waals surface area (Å²) < 4.78 is 5.54. The van der Waals surface area contributed by atoms with Crippen molar-refractivity contribution in [2.75, 3.05) is 47.1 Å². The first kappa shape index (κ1) is 48.7. The zero-order valence-corrected chi connectivity index (χ0v) is 38.7. The quantitative estimate of drug-likeness (QED) is 0.0407. The summed E-state index contributed by atoms with van der Waals surface area (Å²) in [6, 6.07) is 19.8. The van der Waals surface area contributed by atoms with Crippen molar-refractivity contribution in [3.63, 3.8) is 0 Å². The Labute approximate surface area is 378 Å². The first-order chi connectivity index (χ1) is 30.4. The van der Waals surface area contributed by atoms with Crippen molar-refractivity contribution in [1.29, 1.82) is 0 Å². The van der Waals surface area contributed by atoms with Gasteiger partial charge in [0.2, 0.25) is 0 Å². The van der Waals surface area contributed by atoms with E-state index in [0.29, 0.717) is 50.8 Å². The molecule has 342 valence electrons. The van der Waals surface area contributed by atoms with Crippen molar-refractivity contribution >= 4 is 6.29 Å². The second-order valence-corrected chi connectivity index (χ2v) is 19.6. The number of aliphatic hydroxyl groups is 4. The van der Waals surface area contributed by atoms with Crippen LogP contribution in [0, 0.1) is 35.0 Å². The van der Waals surface area contributed by atoms with Crippen molar-refractivity contribution in [2.45, 2.75) is 108 Å². The van der Waals surface area contributed by atoms with Crippen LogP contribution in [0.25, 0.3) is 0 Å². The van der Waals surface area contributed by atoms with Crippen LogP contribution >= 0.6 is 0 Å². The van der Waals surface area contributed by atoms with Crippen molar-refractivity contribution in [2.24, 2.45) is 35.0 Å². The van der Waals surface area contributed by atoms with Gasteiger partial charge in [-0.25, -0.2) is 0 Å². The van der Waals surface area contributed by atoms with Crippen molar-refractivity contribution < 1.29 is 30.0 Å². The molecule has 4 aliphatic rings. The highest BCUT2D eigenvalue weighted by atomic mass is 16.5. The molecule has 1 spiro atoms. The summed E-state index contributed by atoms with van der Waals surface area (Å²) in [7, 11) is 3.64. The number of aliphatic hydroxyl groups excluding tert-OH is 3. The largest absolute Gasteiger partial charge is 0.396 e. The van der Waals surface area contributed by atoms with Crippen molar-refractivity contribution in [1.82, 2.24) is 10.6 Å². The maximum Gasteiger partial charge on any atom is 0.145 e. The standard InChI is InChI=1S/C55H76N2O6/c1-38-18-22-47(48(23-19-41-13-8-7-9-14-41)44-16-11-15-42(32-44)33-53(4,57-35-38)28-31-63-6)39(2)12-10-17-46(37-60)49-24-26-55(52(49)61)51-43(25-30-58)20-21-45(50(51)40(3)36-59)34-54(55,62)27-29-56-5/h7-18,20-21,32,36,43,45,47-49,51-52,56-58,60-62H,2,19,22-31,33-35,37H2,1,3-6H3. The Bertz CT molecular complexity index is 2020. The highest BCUT2D eigenvalue weighted by Gasteiger charge is 2.68. The topological polar surface area (TPSA) is 131 Å². The summed E-state index contributed by atoms with van der Waals surface area (Å²) in [5.74, 6) is -0.700. The molecular formula is C55H76N2O6. The summed E-state index contributed by atoms with van der Waals surface area (Å²) in [5, 5.41) is 54.1. The summed E-state index contributed by atoms with van der Waals surface area (Å²) in [5.41, 5.74) is 6.23. The van der Waals surface area contributed by atoms with Gasteiger partial charge in [0.15, 0.2) is 0 Å². The Morgan fingerprint density at radius 3 is 2.57 bits per heavy atom. The molecule has 8 nitrogen and oxygen atoms in total. The molecule has 0 aromatic heterocycles. The molecule has 2 aromatic carbocycles. The lowest BCUT2D eigenvalue weighted by Crippen LogP contribution is -2.65. The van der Waals surface area contributed by atoms with Gasteiger partial charge in [-0.05, 0) is 150 Å². The zero-order chi connectivity index (χ0) is 45.2. The Hall–Kier alpha value is -3.73. The van der Waals surface area contributed by atoms with Gasteiger partial charge in [0.05, 0.1) is 18.3 Å². The van der Waals surface area contributed by atoms with Gasteiger partial charge in [-0.2, -0.15) is 0 Å². The first-order valence-corrected chi connectivity index (χ1v) is 23.6. The zero-order valence-electron chi connectivity index (χ0n) is 38.7. The normalized spacial score (nSPS) is 33.2. The fourth-order valence-electron chi connectivity index (χ4n) is 12.2. The Kier molecular flexibility index (Phi) is 17.0. The molecule has 6 N–H and O–H groups in total. The van der Waals surface area contributed by atoms with Gasteiger partial charge < -0.3 is 35.8 Å². The molecule has 0 saturated heterocycles. The number of fused-ring (bicyclic) bond motifs is 5. The SMILES string of the molecule is C=C(C=CC=C(CO)C1CCC2(C1O)C1C(=C(C)C=O)C(C=CC1CCO)CC2(O)CCNC)C1CC=C(C)CNC(C)(CCOC)Cc2cccc(c2)C1CCc1ccccc1. The molecule has 4 bridgehead atoms. The number of aldehydes is 1. The van der Waals surface area contributed by atoms with Gasteiger partial charge in [-0.1, -0.05) is 114 Å². The molecular weight excluding hydrogens is 785 g/mol. The van der Waals surface area contributed by atoms with E-state index in [2.05, 4.69) is 103 Å². The monoisotopic (exact) mass is 861 g/mol. The fraction of sp³-hybridized carbons (Fsp3) is 0.545. The van der Waals surface area contributed by atoms with E-state index < -0.39 is 23.0 Å². The van der Waals surface area contributed by atoms with Crippen LogP contribution in [-0.2, 0) is 22.4 Å². The van der Waals surface area contributed by atoms with Gasteiger partial charge in [0.1, 0.15) is 6.29 Å². The minimum Gasteiger partial charge on any atom is -0.396 e. The summed E-state index contributed by atoms with van der Waals surface area (Å²) in [4.78, 5) is 12.4. The molecule has 2 saturated carbocycles. The maximum absolute atomic E-state index is 12.9. The number of hydrogen-bond acceptors (Lipinski definition) is 8. The van der Waals surface area contributed by atoms with E-state index in [1.54, 1.807) is 7.11 Å². The number of nitrogens with one attached hydrogen (secondary N) is 2. The number of hydrogen-bond donors (Lipinski definition) is 6. The van der Waals surface area contributed by atoms with Crippen LogP contribution in [0.3, 0.4) is 0 Å². The second kappa shape index (κ2) is 22.0. The van der Waals surface area contributed by atoms with Gasteiger partial charge in [-0.3, -0.25) is 4.79 Å². The number of carbonyl (C=O) groups is 1. The molecule has 8 heteroatoms. The van der Waals surface area contributed by atoms with Gasteiger partial charge in [-0.15, -0.1) is 0 Å². The van der Waals surface area contributed by atoms with Crippen LogP contribution in [0.2, 0.25) is 0 Å². The summed E-state index contributed by atoms with van der Waals surface area (Å²) >= 11 is 0. The lowest BCUT2D eigenvalue weighted by molar-refractivity contribution is -0.194. The third kappa shape index (κ3) is 10.7. The lowest BCUT2D eigenvalue weighted by Gasteiger charge is -2.61. The van der Waals surface area contributed by atoms with Gasteiger partial charge in [0.25, 0.3) is 0 Å². The van der Waals surface area contributed by atoms with Crippen LogP contribution in [-0.4, -0.2) is 91.0 Å². The molecule has 1 heterocycles. The number of allylic oxidation sites excluding steroid dienone is 9. The predicted octanol–water partition coefficient (Wildman–Crippen LogP) is 8.15. The Balaban J connectivity index is 1.34. The number of aryl methyl sites for hydroxylation is 1. The van der Waals surface area contributed by atoms with E-state index in [1.165, 1.54) is 22.3 Å². The van der Waals surface area contributed by atoms with E-state index >= 15 is 0 Å². The minimum absolute atomic E-state index is 0.0370. The van der Waals surface area contributed by atoms with E-state index in [9.17, 15) is 25.2 Å². The molecule has 63 heavy (non-hydrogen) atoms. The van der Waals surface area contributed by atoms with Crippen LogP contribution in [0.1, 0.15) is 94.7 Å². The van der Waals surface area contributed by atoms with Crippen LogP contribution in [0.4, 0.5) is 0 Å². The third-order valence-electron chi connectivity index (χ3n) is 15.6. The highest BCUT2D eigenvalue weighted by molar-refractivity contribution is 5.74. The van der Waals surface area contributed by atoms with E-state index in [-0.39, 0.29) is 48.3 Å². The third-order valence-corrected chi connectivity index (χ3v) is 15.6. The molecule has 2 fully saturated rings. The van der Waals surface area contributed by atoms with Gasteiger partial charge in [0, 0.05) is 49.7 Å². The molecule has 10 unspecified atom stereocenters. The highest BCUT2D eigenvalue weighted by Crippen LogP contribution is 2.67. The minimum atomic E-state index is -1.24. The molecule has 6 rings (SSSR count). The number of methoxy groups -OCH3 is 1. The molecule has 3 aliphatic carbocycles. The fourth-order valence-corrected chi connectivity index (χ4v) is 12.2. The number of benzene rings is 2. The average Bonchev–Trinajstić information content (AvgIpc) is 3.63. The Morgan fingerprint density at radius 2 is 1.86 bits per heavy atom. The van der Waals surface area contributed by atoms with Crippen molar-refractivity contribution in [3.8, 4) is 0 Å². The second-order valence-electron chi connectivity index (χ2n) is 19.6. The summed E-state index contributed by atoms with van der Waals surface area (Å²) in [6.45, 7) is 12.9. The van der Waals surface area contributed by atoms with E-state index in [1.807, 2.05) is 26.1 Å². The summed E-state index contributed by atoms with van der Waals surface area (Å²) in [6.07, 6.45) is 19.5. The molecule has 10 atom stereocenters. The lowest BCUT2D eigenvalue weighted by atomic mass is 9.45. The van der Waals surface area contributed by atoms with E-state index in [0.717, 1.165) is 61.7 Å². The average molecular weight is 861 g/mol. The van der Waals surface area contributed by atoms with Crippen LogP contribution in [0.15, 0.2) is 125 Å². The van der Waals surface area contributed by atoms with Crippen molar-refractivity contribution in [3.05, 3.63) is 142 Å². The predicted molar refractivity (Wildman–Crippen MR) is 255 cm³/mol. The first-order valence-electron chi connectivity index (χ1n) is 23.6. The molecule has 0 amide bonds. The Morgan fingerprint density at radius 1 is 1.06 bits per heavy atom. The van der Waals surface area contributed by atoms with Crippen LogP contribution in [0.5, 0.6) is 0 Å². The molecule has 1 aliphatic heterocycles. The molecule has 0 radical (unpaired) electrons. The number of rotatable bonds is 17. The van der Waals surface area contributed by atoms with Gasteiger partial charge >= 0.3 is 0 Å². The molecule has 2 aromatic rings. The number of ether oxygens (including phenoxy) is 1. The number of carbonyl (C=O) groups excluding carboxylic acids is 1. The van der Waals surface area contributed by atoms with Crippen LogP contribution < -0.4 is 10.6 Å².